The minimum atomic E-state index is -0.882. The molecule has 2 aliphatic rings. The minimum absolute atomic E-state index is 0.168. The van der Waals surface area contributed by atoms with Gasteiger partial charge in [-0.05, 0) is 66.7 Å². The quantitative estimate of drug-likeness (QED) is 0.887. The highest BCUT2D eigenvalue weighted by atomic mass is 79.9. The van der Waals surface area contributed by atoms with E-state index in [1.165, 1.54) is 11.0 Å². The highest BCUT2D eigenvalue weighted by Gasteiger charge is 2.54. The lowest BCUT2D eigenvalue weighted by atomic mass is 9.89. The Kier molecular flexibility index (Phi) is 3.31. The number of nitrogens with one attached hydrogen (secondary N) is 1. The normalized spacial score (nSPS) is 29.5. The lowest BCUT2D eigenvalue weighted by Gasteiger charge is -2.43. The Labute approximate surface area is 130 Å². The fourth-order valence-corrected chi connectivity index (χ4v) is 3.12. The largest absolute Gasteiger partial charge is 0.340 e. The molecule has 2 atom stereocenters. The number of halogens is 2. The molecule has 2 amide bonds. The Bertz CT molecular complexity index is 632. The summed E-state index contributed by atoms with van der Waals surface area (Å²) in [6.07, 6.45) is 1.86. The second-order valence-electron chi connectivity index (χ2n) is 5.92. The third-order valence-electron chi connectivity index (χ3n) is 4.39. The molecule has 1 N–H and O–H groups in total. The molecule has 1 aromatic carbocycles. The van der Waals surface area contributed by atoms with Crippen LogP contribution in [0.25, 0.3) is 0 Å². The van der Waals surface area contributed by atoms with Crippen LogP contribution >= 0.6 is 15.9 Å². The number of nitrogens with zero attached hydrogens (tertiary/aromatic N) is 1. The number of piperazine rings is 1. The lowest BCUT2D eigenvalue weighted by Crippen LogP contribution is -2.69. The van der Waals surface area contributed by atoms with Gasteiger partial charge in [0, 0.05) is 5.69 Å². The number of hydrogen-bond donors (Lipinski definition) is 1. The topological polar surface area (TPSA) is 49.4 Å². The summed E-state index contributed by atoms with van der Waals surface area (Å²) in [7, 11) is 0. The van der Waals surface area contributed by atoms with Gasteiger partial charge in [-0.2, -0.15) is 0 Å². The molecule has 1 aromatic rings. The van der Waals surface area contributed by atoms with Gasteiger partial charge in [-0.25, -0.2) is 4.39 Å². The average Bonchev–Trinajstić information content (AvgIpc) is 3.26. The van der Waals surface area contributed by atoms with Crippen molar-refractivity contribution in [2.75, 3.05) is 4.90 Å². The maximum Gasteiger partial charge on any atom is 0.253 e. The lowest BCUT2D eigenvalue weighted by molar-refractivity contribution is -0.138. The van der Waals surface area contributed by atoms with Gasteiger partial charge in [0.25, 0.3) is 5.91 Å². The number of carbonyl (C=O) groups excluding carboxylic acids is 2. The Morgan fingerprint density at radius 3 is 2.62 bits per heavy atom. The summed E-state index contributed by atoms with van der Waals surface area (Å²) >= 11 is 3.09. The van der Waals surface area contributed by atoms with E-state index in [2.05, 4.69) is 21.2 Å². The molecule has 4 nitrogen and oxygen atoms in total. The van der Waals surface area contributed by atoms with E-state index < -0.39 is 17.4 Å². The van der Waals surface area contributed by atoms with Gasteiger partial charge < -0.3 is 5.32 Å². The van der Waals surface area contributed by atoms with Crippen LogP contribution in [0.1, 0.15) is 26.7 Å². The SMILES string of the molecule is CC1C(=O)NC(C)(C2CC2)C(=O)N1c1ccc(Br)c(F)c1. The number of rotatable bonds is 2. The third-order valence-corrected chi connectivity index (χ3v) is 5.03. The van der Waals surface area contributed by atoms with E-state index in [1.807, 2.05) is 0 Å². The zero-order chi connectivity index (χ0) is 15.4. The van der Waals surface area contributed by atoms with Gasteiger partial charge in [-0.1, -0.05) is 0 Å². The van der Waals surface area contributed by atoms with E-state index in [0.29, 0.717) is 10.2 Å². The highest BCUT2D eigenvalue weighted by molar-refractivity contribution is 9.10. The van der Waals surface area contributed by atoms with E-state index in [9.17, 15) is 14.0 Å². The van der Waals surface area contributed by atoms with Gasteiger partial charge in [0.1, 0.15) is 17.4 Å². The van der Waals surface area contributed by atoms with Crippen LogP contribution in [-0.4, -0.2) is 23.4 Å². The van der Waals surface area contributed by atoms with Crippen molar-refractivity contribution in [3.8, 4) is 0 Å². The van der Waals surface area contributed by atoms with Crippen molar-refractivity contribution in [3.05, 3.63) is 28.5 Å². The smallest absolute Gasteiger partial charge is 0.253 e. The van der Waals surface area contributed by atoms with E-state index in [4.69, 9.17) is 0 Å². The van der Waals surface area contributed by atoms with Gasteiger partial charge in [-0.3, -0.25) is 14.5 Å². The summed E-state index contributed by atoms with van der Waals surface area (Å²) in [6.45, 7) is 3.42. The molecule has 21 heavy (non-hydrogen) atoms. The first-order valence-corrected chi connectivity index (χ1v) is 7.74. The van der Waals surface area contributed by atoms with Crippen LogP contribution in [0.15, 0.2) is 22.7 Å². The average molecular weight is 355 g/mol. The monoisotopic (exact) mass is 354 g/mol. The molecule has 1 saturated heterocycles. The van der Waals surface area contributed by atoms with Crippen LogP contribution in [0, 0.1) is 11.7 Å². The molecule has 112 valence electrons. The molecule has 1 saturated carbocycles. The summed E-state index contributed by atoms with van der Waals surface area (Å²) in [4.78, 5) is 26.5. The van der Waals surface area contributed by atoms with Crippen molar-refractivity contribution >= 4 is 33.4 Å². The molecular weight excluding hydrogens is 339 g/mol. The molecule has 0 spiro atoms. The zero-order valence-corrected chi connectivity index (χ0v) is 13.4. The summed E-state index contributed by atoms with van der Waals surface area (Å²) < 4.78 is 14.1. The van der Waals surface area contributed by atoms with Gasteiger partial charge in [0.05, 0.1) is 4.47 Å². The van der Waals surface area contributed by atoms with Crippen LogP contribution in [0.5, 0.6) is 0 Å². The fraction of sp³-hybridized carbons (Fsp3) is 0.467. The van der Waals surface area contributed by atoms with Crippen LogP contribution in [0.2, 0.25) is 0 Å². The van der Waals surface area contributed by atoms with Crippen molar-refractivity contribution < 1.29 is 14.0 Å². The standard InChI is InChI=1S/C15H16BrFN2O2/c1-8-13(20)18-15(2,9-3-4-9)14(21)19(8)10-5-6-11(16)12(17)7-10/h5-9H,3-4H2,1-2H3,(H,18,20). The minimum Gasteiger partial charge on any atom is -0.340 e. The molecule has 3 rings (SSSR count). The molecule has 2 unspecified atom stereocenters. The summed E-state index contributed by atoms with van der Waals surface area (Å²) in [5.74, 6) is -0.651. The molecule has 1 heterocycles. The van der Waals surface area contributed by atoms with Crippen LogP contribution in [0.4, 0.5) is 10.1 Å². The molecule has 1 aliphatic carbocycles. The zero-order valence-electron chi connectivity index (χ0n) is 11.8. The van der Waals surface area contributed by atoms with Crippen molar-refractivity contribution in [2.45, 2.75) is 38.3 Å². The van der Waals surface area contributed by atoms with E-state index in [0.717, 1.165) is 12.8 Å². The number of amides is 2. The molecule has 6 heteroatoms. The second-order valence-corrected chi connectivity index (χ2v) is 6.77. The van der Waals surface area contributed by atoms with Gasteiger partial charge >= 0.3 is 0 Å². The number of anilines is 1. The predicted molar refractivity (Wildman–Crippen MR) is 80.3 cm³/mol. The second kappa shape index (κ2) is 4.80. The van der Waals surface area contributed by atoms with Crippen molar-refractivity contribution in [1.82, 2.24) is 5.32 Å². The Hall–Kier alpha value is -1.43. The summed E-state index contributed by atoms with van der Waals surface area (Å²) in [5.41, 5.74) is -0.470. The molecule has 0 bridgehead atoms. The molecule has 2 fully saturated rings. The van der Waals surface area contributed by atoms with Crippen molar-refractivity contribution in [1.29, 1.82) is 0 Å². The van der Waals surface area contributed by atoms with Crippen LogP contribution < -0.4 is 10.2 Å². The number of benzene rings is 1. The highest BCUT2D eigenvalue weighted by Crippen LogP contribution is 2.43. The Morgan fingerprint density at radius 1 is 1.38 bits per heavy atom. The number of carbonyl (C=O) groups is 2. The first kappa shape index (κ1) is 14.5. The van der Waals surface area contributed by atoms with Crippen LogP contribution in [0.3, 0.4) is 0 Å². The Balaban J connectivity index is 2.03. The van der Waals surface area contributed by atoms with Gasteiger partial charge in [-0.15, -0.1) is 0 Å². The molecule has 0 radical (unpaired) electrons. The molecule has 1 aliphatic heterocycles. The van der Waals surface area contributed by atoms with Crippen LogP contribution in [-0.2, 0) is 9.59 Å². The maximum absolute atomic E-state index is 13.8. The molecule has 0 aromatic heterocycles. The Morgan fingerprint density at radius 2 is 2.05 bits per heavy atom. The maximum atomic E-state index is 13.8. The van der Waals surface area contributed by atoms with Gasteiger partial charge in [0.2, 0.25) is 5.91 Å². The first-order chi connectivity index (χ1) is 9.84. The van der Waals surface area contributed by atoms with E-state index in [-0.39, 0.29) is 17.7 Å². The summed E-state index contributed by atoms with van der Waals surface area (Å²) in [6, 6.07) is 3.83. The fourth-order valence-electron chi connectivity index (χ4n) is 2.87. The van der Waals surface area contributed by atoms with Gasteiger partial charge in [0.15, 0.2) is 0 Å². The predicted octanol–water partition coefficient (Wildman–Crippen LogP) is 2.61. The molecular formula is C15H16BrFN2O2. The van der Waals surface area contributed by atoms with E-state index >= 15 is 0 Å². The first-order valence-electron chi connectivity index (χ1n) is 6.95. The van der Waals surface area contributed by atoms with Crippen molar-refractivity contribution in [3.63, 3.8) is 0 Å². The number of hydrogen-bond acceptors (Lipinski definition) is 2. The van der Waals surface area contributed by atoms with Crippen molar-refractivity contribution in [2.24, 2.45) is 5.92 Å². The summed E-state index contributed by atoms with van der Waals surface area (Å²) in [5, 5.41) is 2.85. The van der Waals surface area contributed by atoms with E-state index in [1.54, 1.807) is 26.0 Å². The third kappa shape index (κ3) is 2.25.